The minimum Gasteiger partial charge on any atom is -0.491 e. The molecule has 0 saturated heterocycles. The lowest BCUT2D eigenvalue weighted by molar-refractivity contribution is 0.0932. The fourth-order valence-electron chi connectivity index (χ4n) is 2.97. The molecule has 0 aliphatic carbocycles. The molecule has 23 heavy (non-hydrogen) atoms. The molecule has 0 spiro atoms. The van der Waals surface area contributed by atoms with Crippen LogP contribution in [-0.4, -0.2) is 37.8 Å². The smallest absolute Gasteiger partial charge is 0.271 e. The first-order valence-electron chi connectivity index (χ1n) is 8.15. The predicted molar refractivity (Wildman–Crippen MR) is 90.6 cm³/mol. The number of methoxy groups -OCH3 is 2. The maximum absolute atomic E-state index is 12.4. The largest absolute Gasteiger partial charge is 0.491 e. The van der Waals surface area contributed by atoms with Crippen molar-refractivity contribution in [1.82, 2.24) is 9.88 Å². The molecule has 1 N–H and O–H groups in total. The van der Waals surface area contributed by atoms with Crippen LogP contribution in [0.25, 0.3) is 0 Å². The number of aromatic nitrogens is 1. The van der Waals surface area contributed by atoms with Gasteiger partial charge in [0, 0.05) is 24.9 Å². The van der Waals surface area contributed by atoms with Gasteiger partial charge >= 0.3 is 0 Å². The zero-order valence-corrected chi connectivity index (χ0v) is 15.0. The number of carbonyl (C=O) groups is 1. The van der Waals surface area contributed by atoms with Crippen molar-refractivity contribution in [1.29, 1.82) is 0 Å². The molecule has 1 aliphatic heterocycles. The number of amides is 1. The second-order valence-corrected chi connectivity index (χ2v) is 5.16. The van der Waals surface area contributed by atoms with Gasteiger partial charge in [0.2, 0.25) is 5.43 Å². The molecule has 2 rings (SSSR count). The van der Waals surface area contributed by atoms with Gasteiger partial charge < -0.3 is 19.4 Å². The summed E-state index contributed by atoms with van der Waals surface area (Å²) in [5.41, 5.74) is 1.66. The highest BCUT2D eigenvalue weighted by molar-refractivity contribution is 5.95. The molecule has 1 aliphatic rings. The van der Waals surface area contributed by atoms with E-state index in [1.807, 2.05) is 25.3 Å². The summed E-state index contributed by atoms with van der Waals surface area (Å²) in [5.74, 6) is -0.166. The monoisotopic (exact) mass is 324 g/mol. The molecule has 0 fully saturated rings. The van der Waals surface area contributed by atoms with E-state index in [9.17, 15) is 9.59 Å². The fourth-order valence-corrected chi connectivity index (χ4v) is 2.97. The van der Waals surface area contributed by atoms with Crippen molar-refractivity contribution in [3.05, 3.63) is 27.2 Å². The van der Waals surface area contributed by atoms with Crippen LogP contribution < -0.4 is 15.5 Å². The van der Waals surface area contributed by atoms with Crippen molar-refractivity contribution in [2.24, 2.45) is 0 Å². The summed E-state index contributed by atoms with van der Waals surface area (Å²) in [4.78, 5) is 24.8. The van der Waals surface area contributed by atoms with E-state index >= 15 is 0 Å². The summed E-state index contributed by atoms with van der Waals surface area (Å²) in [6.45, 7) is 8.63. The maximum atomic E-state index is 12.4. The standard InChI is InChI=1S/C15H22N2O4.C2H6/c1-5-16-15(19)12-14(21-4)13(18)9(2)11-7-6-10(8-20-3)17(11)12;1-2/h10H,5-8H2,1-4H3,(H,16,19);1-2H3. The molecule has 1 amide bonds. The minimum absolute atomic E-state index is 0.0517. The van der Waals surface area contributed by atoms with Gasteiger partial charge in [-0.25, -0.2) is 0 Å². The summed E-state index contributed by atoms with van der Waals surface area (Å²) in [5, 5.41) is 2.76. The van der Waals surface area contributed by atoms with Crippen LogP contribution in [-0.2, 0) is 11.2 Å². The van der Waals surface area contributed by atoms with Gasteiger partial charge in [-0.3, -0.25) is 9.59 Å². The number of rotatable bonds is 5. The van der Waals surface area contributed by atoms with Gasteiger partial charge in [-0.05, 0) is 26.7 Å². The normalized spacial score (nSPS) is 15.5. The zero-order chi connectivity index (χ0) is 17.6. The Morgan fingerprint density at radius 3 is 2.52 bits per heavy atom. The third-order valence-electron chi connectivity index (χ3n) is 3.92. The zero-order valence-electron chi connectivity index (χ0n) is 15.0. The SMILES string of the molecule is CC.CCNC(=O)c1c(OC)c(=O)c(C)c2n1C(COC)CC2. The molecule has 1 aromatic rings. The average Bonchev–Trinajstić information content (AvgIpc) is 2.96. The van der Waals surface area contributed by atoms with Crippen LogP contribution in [0.5, 0.6) is 5.75 Å². The van der Waals surface area contributed by atoms with Gasteiger partial charge in [0.05, 0.1) is 19.8 Å². The number of pyridine rings is 1. The van der Waals surface area contributed by atoms with E-state index < -0.39 is 0 Å². The van der Waals surface area contributed by atoms with Gasteiger partial charge in [0.1, 0.15) is 0 Å². The molecular weight excluding hydrogens is 296 g/mol. The molecule has 1 unspecified atom stereocenters. The molecule has 2 heterocycles. The van der Waals surface area contributed by atoms with Crippen molar-refractivity contribution in [3.63, 3.8) is 0 Å². The van der Waals surface area contributed by atoms with Gasteiger partial charge in [-0.2, -0.15) is 0 Å². The first-order valence-corrected chi connectivity index (χ1v) is 8.15. The topological polar surface area (TPSA) is 69.6 Å². The Labute approximate surface area is 137 Å². The van der Waals surface area contributed by atoms with Gasteiger partial charge in [-0.1, -0.05) is 13.8 Å². The quantitative estimate of drug-likeness (QED) is 0.900. The highest BCUT2D eigenvalue weighted by atomic mass is 16.5. The van der Waals surface area contributed by atoms with Crippen LogP contribution in [0.1, 0.15) is 55.0 Å². The second kappa shape index (κ2) is 8.72. The van der Waals surface area contributed by atoms with Crippen LogP contribution >= 0.6 is 0 Å². The molecule has 0 bridgehead atoms. The number of hydrogen-bond acceptors (Lipinski definition) is 4. The van der Waals surface area contributed by atoms with E-state index in [0.29, 0.717) is 24.4 Å². The van der Waals surface area contributed by atoms with Crippen molar-refractivity contribution in [2.75, 3.05) is 27.4 Å². The predicted octanol–water partition coefficient (Wildman–Crippen LogP) is 2.07. The molecule has 0 saturated carbocycles. The van der Waals surface area contributed by atoms with Gasteiger partial charge in [-0.15, -0.1) is 0 Å². The van der Waals surface area contributed by atoms with E-state index in [2.05, 4.69) is 5.32 Å². The lowest BCUT2D eigenvalue weighted by Crippen LogP contribution is -2.32. The third kappa shape index (κ3) is 3.58. The van der Waals surface area contributed by atoms with E-state index in [4.69, 9.17) is 9.47 Å². The molecule has 1 atom stereocenters. The third-order valence-corrected chi connectivity index (χ3v) is 3.92. The average molecular weight is 324 g/mol. The molecule has 130 valence electrons. The van der Waals surface area contributed by atoms with Crippen LogP contribution in [0.2, 0.25) is 0 Å². The van der Waals surface area contributed by atoms with Crippen molar-refractivity contribution in [3.8, 4) is 5.75 Å². The van der Waals surface area contributed by atoms with Gasteiger partial charge in [0.25, 0.3) is 5.91 Å². The summed E-state index contributed by atoms with van der Waals surface area (Å²) in [6, 6.07) is 0.0517. The minimum atomic E-state index is -0.282. The molecule has 1 aromatic heterocycles. The number of nitrogens with zero attached hydrogens (tertiary/aromatic N) is 1. The fraction of sp³-hybridized carbons (Fsp3) is 0.647. The van der Waals surface area contributed by atoms with Crippen molar-refractivity contribution >= 4 is 5.91 Å². The van der Waals surface area contributed by atoms with Crippen LogP contribution in [0.4, 0.5) is 0 Å². The molecule has 6 nitrogen and oxygen atoms in total. The summed E-state index contributed by atoms with van der Waals surface area (Å²) >= 11 is 0. The number of nitrogens with one attached hydrogen (secondary N) is 1. The van der Waals surface area contributed by atoms with E-state index in [0.717, 1.165) is 18.5 Å². The number of fused-ring (bicyclic) bond motifs is 1. The summed E-state index contributed by atoms with van der Waals surface area (Å²) < 4.78 is 12.4. The highest BCUT2D eigenvalue weighted by Gasteiger charge is 2.32. The second-order valence-electron chi connectivity index (χ2n) is 5.16. The molecule has 6 heteroatoms. The Bertz CT molecular complexity index is 608. The Morgan fingerprint density at radius 1 is 1.35 bits per heavy atom. The molecule has 0 aromatic carbocycles. The summed E-state index contributed by atoms with van der Waals surface area (Å²) in [6.07, 6.45) is 1.62. The van der Waals surface area contributed by atoms with E-state index in [1.165, 1.54) is 7.11 Å². The Hall–Kier alpha value is -1.82. The highest BCUT2D eigenvalue weighted by Crippen LogP contribution is 2.32. The van der Waals surface area contributed by atoms with E-state index in [-0.39, 0.29) is 23.1 Å². The Kier molecular flexibility index (Phi) is 7.29. The van der Waals surface area contributed by atoms with Crippen LogP contribution in [0.3, 0.4) is 0 Å². The lowest BCUT2D eigenvalue weighted by Gasteiger charge is -2.22. The lowest BCUT2D eigenvalue weighted by atomic mass is 10.1. The maximum Gasteiger partial charge on any atom is 0.271 e. The number of hydrogen-bond donors (Lipinski definition) is 1. The molecular formula is C17H28N2O4. The first-order chi connectivity index (χ1) is 11.1. The Morgan fingerprint density at radius 2 is 2.00 bits per heavy atom. The summed E-state index contributed by atoms with van der Waals surface area (Å²) in [7, 11) is 3.06. The van der Waals surface area contributed by atoms with Crippen molar-refractivity contribution < 1.29 is 14.3 Å². The van der Waals surface area contributed by atoms with Crippen molar-refractivity contribution in [2.45, 2.75) is 46.6 Å². The number of ether oxygens (including phenoxy) is 2. The van der Waals surface area contributed by atoms with Gasteiger partial charge in [0.15, 0.2) is 11.4 Å². The van der Waals surface area contributed by atoms with Crippen LogP contribution in [0, 0.1) is 6.92 Å². The first kappa shape index (κ1) is 19.2. The van der Waals surface area contributed by atoms with Crippen LogP contribution in [0.15, 0.2) is 4.79 Å². The molecule has 0 radical (unpaired) electrons. The number of carbonyl (C=O) groups excluding carboxylic acids is 1. The van der Waals surface area contributed by atoms with E-state index in [1.54, 1.807) is 14.0 Å². The Balaban J connectivity index is 0.00000127.